The van der Waals surface area contributed by atoms with Crippen LogP contribution < -0.4 is 0 Å². The molecule has 1 aliphatic heterocycles. The zero-order valence-electron chi connectivity index (χ0n) is 17.0. The van der Waals surface area contributed by atoms with Crippen LogP contribution in [0.15, 0.2) is 42.2 Å². The van der Waals surface area contributed by atoms with E-state index >= 15 is 0 Å². The van der Waals surface area contributed by atoms with Gasteiger partial charge in [-0.25, -0.2) is 4.79 Å². The van der Waals surface area contributed by atoms with Crippen LogP contribution in [0, 0.1) is 13.8 Å². The quantitative estimate of drug-likeness (QED) is 0.518. The second kappa shape index (κ2) is 8.12. The van der Waals surface area contributed by atoms with Gasteiger partial charge in [0.05, 0.1) is 10.3 Å². The monoisotopic (exact) mass is 442 g/mol. The normalized spacial score (nSPS) is 18.2. The van der Waals surface area contributed by atoms with Gasteiger partial charge in [-0.2, -0.15) is 0 Å². The molecule has 2 aromatic rings. The van der Waals surface area contributed by atoms with E-state index in [1.807, 2.05) is 50.2 Å². The average molecular weight is 443 g/mol. The summed E-state index contributed by atoms with van der Waals surface area (Å²) >= 11 is 7.28. The van der Waals surface area contributed by atoms with Crippen molar-refractivity contribution < 1.29 is 19.4 Å². The number of carbonyl (C=O) groups is 2. The molecule has 4 nitrogen and oxygen atoms in total. The number of halogens is 1. The molecule has 1 spiro atoms. The van der Waals surface area contributed by atoms with Crippen molar-refractivity contribution in [1.29, 1.82) is 0 Å². The van der Waals surface area contributed by atoms with Gasteiger partial charge in [0.25, 0.3) is 0 Å². The Balaban J connectivity index is 1.91. The van der Waals surface area contributed by atoms with Crippen molar-refractivity contribution in [3.8, 4) is 11.1 Å². The molecular formula is C24H23ClO4S. The van der Waals surface area contributed by atoms with Crippen LogP contribution in [0.3, 0.4) is 0 Å². The Kier molecular flexibility index (Phi) is 5.69. The lowest BCUT2D eigenvalue weighted by molar-refractivity contribution is -0.106. The fourth-order valence-corrected chi connectivity index (χ4v) is 6.09. The maximum absolute atomic E-state index is 13.2. The molecule has 0 amide bonds. The SMILES string of the molecule is Cc1cc(C)c(-c2ccc(Cl)cc2)cc1C1=C(OC(=O)O)C2(CCCCC2)SC1=O. The van der Waals surface area contributed by atoms with Gasteiger partial charge >= 0.3 is 6.16 Å². The molecule has 1 saturated carbocycles. The molecule has 0 unspecified atom stereocenters. The van der Waals surface area contributed by atoms with Gasteiger partial charge in [0.2, 0.25) is 5.12 Å². The molecule has 1 fully saturated rings. The van der Waals surface area contributed by atoms with Crippen molar-refractivity contribution in [2.24, 2.45) is 0 Å². The molecule has 1 aliphatic carbocycles. The lowest BCUT2D eigenvalue weighted by Gasteiger charge is -2.32. The molecule has 0 bridgehead atoms. The first-order valence-electron chi connectivity index (χ1n) is 10.1. The third-order valence-electron chi connectivity index (χ3n) is 5.98. The standard InChI is InChI=1S/C24H23ClO4S/c1-14-12-15(2)19(13-18(14)16-6-8-17(25)9-7-16)20-21(29-23(27)28)24(30-22(20)26)10-4-3-5-11-24/h6-9,12-13H,3-5,10-11H2,1-2H3,(H,27,28). The van der Waals surface area contributed by atoms with Crippen molar-refractivity contribution in [3.63, 3.8) is 0 Å². The fourth-order valence-electron chi connectivity index (χ4n) is 4.57. The number of benzene rings is 2. The third-order valence-corrected chi connectivity index (χ3v) is 7.61. The van der Waals surface area contributed by atoms with Crippen LogP contribution in [0.5, 0.6) is 0 Å². The van der Waals surface area contributed by atoms with E-state index in [2.05, 4.69) is 0 Å². The second-order valence-corrected chi connectivity index (χ2v) is 9.80. The summed E-state index contributed by atoms with van der Waals surface area (Å²) in [5.41, 5.74) is 5.11. The topological polar surface area (TPSA) is 63.6 Å². The zero-order valence-corrected chi connectivity index (χ0v) is 18.5. The molecule has 0 aromatic heterocycles. The minimum atomic E-state index is -1.37. The van der Waals surface area contributed by atoms with Crippen molar-refractivity contribution in [2.45, 2.75) is 50.7 Å². The van der Waals surface area contributed by atoms with Gasteiger partial charge in [0, 0.05) is 5.02 Å². The van der Waals surface area contributed by atoms with Crippen molar-refractivity contribution in [2.75, 3.05) is 0 Å². The number of rotatable bonds is 3. The first kappa shape index (κ1) is 21.0. The molecule has 4 rings (SSSR count). The van der Waals surface area contributed by atoms with E-state index in [-0.39, 0.29) is 5.12 Å². The second-order valence-electron chi connectivity index (χ2n) is 8.01. The number of hydrogen-bond acceptors (Lipinski definition) is 4. The van der Waals surface area contributed by atoms with Crippen LogP contribution in [0.1, 0.15) is 48.8 Å². The summed E-state index contributed by atoms with van der Waals surface area (Å²) in [6, 6.07) is 11.6. The maximum atomic E-state index is 13.2. The highest BCUT2D eigenvalue weighted by Crippen LogP contribution is 2.55. The predicted octanol–water partition coefficient (Wildman–Crippen LogP) is 7.01. The zero-order chi connectivity index (χ0) is 21.5. The van der Waals surface area contributed by atoms with Crippen molar-refractivity contribution in [1.82, 2.24) is 0 Å². The van der Waals surface area contributed by atoms with Crippen LogP contribution in [-0.4, -0.2) is 21.1 Å². The first-order chi connectivity index (χ1) is 14.3. The van der Waals surface area contributed by atoms with E-state index in [9.17, 15) is 14.7 Å². The molecule has 0 atom stereocenters. The van der Waals surface area contributed by atoms with Crippen molar-refractivity contribution in [3.05, 3.63) is 63.9 Å². The predicted molar refractivity (Wildman–Crippen MR) is 121 cm³/mol. The Labute approximate surface area is 185 Å². The number of hydrogen-bond donors (Lipinski definition) is 1. The van der Waals surface area contributed by atoms with E-state index in [1.165, 1.54) is 11.8 Å². The molecule has 156 valence electrons. The Morgan fingerprint density at radius 2 is 1.67 bits per heavy atom. The minimum Gasteiger partial charge on any atom is -0.449 e. The van der Waals surface area contributed by atoms with E-state index in [4.69, 9.17) is 16.3 Å². The number of thioether (sulfide) groups is 1. The minimum absolute atomic E-state index is 0.109. The van der Waals surface area contributed by atoms with Gasteiger partial charge in [0.1, 0.15) is 5.76 Å². The average Bonchev–Trinajstić information content (AvgIpc) is 2.94. The molecule has 30 heavy (non-hydrogen) atoms. The third kappa shape index (κ3) is 3.77. The van der Waals surface area contributed by atoms with Crippen molar-refractivity contribution >= 4 is 40.2 Å². The van der Waals surface area contributed by atoms with Gasteiger partial charge in [-0.1, -0.05) is 60.8 Å². The molecular weight excluding hydrogens is 420 g/mol. The van der Waals surface area contributed by atoms with Gasteiger partial charge in [-0.15, -0.1) is 0 Å². The lowest BCUT2D eigenvalue weighted by atomic mass is 9.83. The smallest absolute Gasteiger partial charge is 0.449 e. The largest absolute Gasteiger partial charge is 0.511 e. The van der Waals surface area contributed by atoms with E-state index in [0.29, 0.717) is 16.4 Å². The maximum Gasteiger partial charge on any atom is 0.511 e. The first-order valence-corrected chi connectivity index (χ1v) is 11.3. The summed E-state index contributed by atoms with van der Waals surface area (Å²) in [5.74, 6) is 0.318. The summed E-state index contributed by atoms with van der Waals surface area (Å²) in [4.78, 5) is 24.7. The summed E-state index contributed by atoms with van der Waals surface area (Å²) in [7, 11) is 0. The molecule has 0 saturated heterocycles. The molecule has 2 aromatic carbocycles. The number of carboxylic acid groups (broad SMARTS) is 1. The summed E-state index contributed by atoms with van der Waals surface area (Å²) in [5, 5.41) is 9.97. The van der Waals surface area contributed by atoms with Gasteiger partial charge in [-0.05, 0) is 72.7 Å². The fraction of sp³-hybridized carbons (Fsp3) is 0.333. The molecule has 1 N–H and O–H groups in total. The summed E-state index contributed by atoms with van der Waals surface area (Å²) in [6.45, 7) is 3.97. The van der Waals surface area contributed by atoms with Crippen LogP contribution in [0.4, 0.5) is 4.79 Å². The van der Waals surface area contributed by atoms with Gasteiger partial charge in [-0.3, -0.25) is 4.79 Å². The number of carbonyl (C=O) groups excluding carboxylic acids is 1. The summed E-state index contributed by atoms with van der Waals surface area (Å²) < 4.78 is 4.76. The molecule has 1 heterocycles. The molecule has 0 radical (unpaired) electrons. The number of ether oxygens (including phenoxy) is 1. The van der Waals surface area contributed by atoms with Crippen LogP contribution in [-0.2, 0) is 9.53 Å². The lowest BCUT2D eigenvalue weighted by Crippen LogP contribution is -2.30. The van der Waals surface area contributed by atoms with Crippen LogP contribution in [0.2, 0.25) is 5.02 Å². The van der Waals surface area contributed by atoms with Gasteiger partial charge < -0.3 is 9.84 Å². The number of aryl methyl sites for hydroxylation is 2. The summed E-state index contributed by atoms with van der Waals surface area (Å²) in [6.07, 6.45) is 3.16. The molecule has 2 aliphatic rings. The van der Waals surface area contributed by atoms with Crippen LogP contribution in [0.25, 0.3) is 16.7 Å². The van der Waals surface area contributed by atoms with E-state index in [1.54, 1.807) is 0 Å². The van der Waals surface area contributed by atoms with E-state index in [0.717, 1.165) is 59.9 Å². The molecule has 6 heteroatoms. The highest BCUT2D eigenvalue weighted by Gasteiger charge is 2.50. The Morgan fingerprint density at radius 1 is 1.03 bits per heavy atom. The highest BCUT2D eigenvalue weighted by molar-refractivity contribution is 8.16. The Hall–Kier alpha value is -2.24. The Morgan fingerprint density at radius 3 is 2.30 bits per heavy atom. The van der Waals surface area contributed by atoms with Gasteiger partial charge in [0.15, 0.2) is 0 Å². The van der Waals surface area contributed by atoms with Crippen LogP contribution >= 0.6 is 23.4 Å². The van der Waals surface area contributed by atoms with E-state index < -0.39 is 10.9 Å². The highest BCUT2D eigenvalue weighted by atomic mass is 35.5. The Bertz CT molecular complexity index is 1050.